The van der Waals surface area contributed by atoms with Crippen molar-refractivity contribution in [3.8, 4) is 11.5 Å². The van der Waals surface area contributed by atoms with Crippen molar-refractivity contribution in [2.45, 2.75) is 6.54 Å². The van der Waals surface area contributed by atoms with Crippen LogP contribution in [0.4, 0.5) is 10.1 Å². The minimum absolute atomic E-state index is 0.213. The molecule has 0 aliphatic heterocycles. The van der Waals surface area contributed by atoms with Crippen LogP contribution in [0.25, 0.3) is 10.8 Å². The van der Waals surface area contributed by atoms with Crippen LogP contribution in [0, 0.1) is 5.82 Å². The molecule has 3 aromatic rings. The molecule has 0 atom stereocenters. The molecule has 106 valence electrons. The zero-order valence-electron chi connectivity index (χ0n) is 11.2. The summed E-state index contributed by atoms with van der Waals surface area (Å²) < 4.78 is 13.3. The summed E-state index contributed by atoms with van der Waals surface area (Å²) in [5.74, 6) is -0.761. The first-order valence-corrected chi connectivity index (χ1v) is 6.58. The molecule has 0 aliphatic rings. The Labute approximate surface area is 121 Å². The third-order valence-electron chi connectivity index (χ3n) is 3.44. The number of para-hydroxylation sites is 1. The summed E-state index contributed by atoms with van der Waals surface area (Å²) in [5, 5.41) is 24.3. The molecule has 0 unspecified atom stereocenters. The van der Waals surface area contributed by atoms with Gasteiger partial charge in [-0.05, 0) is 18.2 Å². The van der Waals surface area contributed by atoms with E-state index < -0.39 is 5.82 Å². The second kappa shape index (κ2) is 5.32. The van der Waals surface area contributed by atoms with Gasteiger partial charge in [0.2, 0.25) is 0 Å². The number of rotatable bonds is 3. The standard InChI is InChI=1S/C17H14FNO2/c18-14-7-1-4-11(17(14)21)10-19-15-8-2-6-13-12(15)5-3-9-16(13)20/h1-9,19-21H,10H2. The highest BCUT2D eigenvalue weighted by Crippen LogP contribution is 2.30. The molecule has 3 N–H and O–H groups in total. The molecule has 0 bridgehead atoms. The Morgan fingerprint density at radius 3 is 2.43 bits per heavy atom. The molecule has 0 saturated heterocycles. The van der Waals surface area contributed by atoms with Gasteiger partial charge in [0, 0.05) is 28.6 Å². The van der Waals surface area contributed by atoms with Crippen molar-refractivity contribution in [2.75, 3.05) is 5.32 Å². The van der Waals surface area contributed by atoms with Crippen LogP contribution in [0.2, 0.25) is 0 Å². The highest BCUT2D eigenvalue weighted by atomic mass is 19.1. The fourth-order valence-corrected chi connectivity index (χ4v) is 2.34. The van der Waals surface area contributed by atoms with E-state index >= 15 is 0 Å². The van der Waals surface area contributed by atoms with Gasteiger partial charge >= 0.3 is 0 Å². The number of hydrogen-bond donors (Lipinski definition) is 3. The van der Waals surface area contributed by atoms with E-state index in [0.717, 1.165) is 16.5 Å². The van der Waals surface area contributed by atoms with Crippen molar-refractivity contribution >= 4 is 16.5 Å². The number of benzene rings is 3. The van der Waals surface area contributed by atoms with E-state index in [4.69, 9.17) is 0 Å². The molecule has 21 heavy (non-hydrogen) atoms. The second-order valence-corrected chi connectivity index (χ2v) is 4.78. The van der Waals surface area contributed by atoms with Gasteiger partial charge in [-0.25, -0.2) is 4.39 Å². The number of hydrogen-bond acceptors (Lipinski definition) is 3. The van der Waals surface area contributed by atoms with Crippen molar-refractivity contribution < 1.29 is 14.6 Å². The Morgan fingerprint density at radius 2 is 1.57 bits per heavy atom. The molecule has 0 saturated carbocycles. The molecular weight excluding hydrogens is 269 g/mol. The number of anilines is 1. The Hall–Kier alpha value is -2.75. The minimum atomic E-state index is -0.634. The number of halogens is 1. The van der Waals surface area contributed by atoms with Crippen LogP contribution in [0.1, 0.15) is 5.56 Å². The molecule has 0 heterocycles. The lowest BCUT2D eigenvalue weighted by atomic mass is 10.1. The average molecular weight is 283 g/mol. The van der Waals surface area contributed by atoms with Gasteiger partial charge in [0.15, 0.2) is 11.6 Å². The number of phenols is 2. The van der Waals surface area contributed by atoms with E-state index in [2.05, 4.69) is 5.32 Å². The quantitative estimate of drug-likeness (QED) is 0.681. The van der Waals surface area contributed by atoms with Gasteiger partial charge in [0.1, 0.15) is 5.75 Å². The van der Waals surface area contributed by atoms with Gasteiger partial charge in [-0.2, -0.15) is 0 Å². The van der Waals surface area contributed by atoms with E-state index in [-0.39, 0.29) is 11.5 Å². The van der Waals surface area contributed by atoms with E-state index in [1.807, 2.05) is 24.3 Å². The van der Waals surface area contributed by atoms with Gasteiger partial charge in [-0.1, -0.05) is 36.4 Å². The predicted octanol–water partition coefficient (Wildman–Crippen LogP) is 4.00. The van der Waals surface area contributed by atoms with Gasteiger partial charge in [-0.15, -0.1) is 0 Å². The predicted molar refractivity (Wildman–Crippen MR) is 81.0 cm³/mol. The van der Waals surface area contributed by atoms with Crippen molar-refractivity contribution in [1.82, 2.24) is 0 Å². The highest BCUT2D eigenvalue weighted by molar-refractivity contribution is 5.97. The first-order chi connectivity index (χ1) is 10.2. The summed E-state index contributed by atoms with van der Waals surface area (Å²) in [7, 11) is 0. The Kier molecular flexibility index (Phi) is 3.36. The van der Waals surface area contributed by atoms with Crippen LogP contribution in [0.5, 0.6) is 11.5 Å². The largest absolute Gasteiger partial charge is 0.507 e. The summed E-state index contributed by atoms with van der Waals surface area (Å²) in [4.78, 5) is 0. The van der Waals surface area contributed by atoms with Crippen molar-refractivity contribution in [3.05, 3.63) is 66.0 Å². The number of nitrogens with one attached hydrogen (secondary N) is 1. The van der Waals surface area contributed by atoms with Crippen LogP contribution in [-0.4, -0.2) is 10.2 Å². The van der Waals surface area contributed by atoms with Gasteiger partial charge in [0.25, 0.3) is 0 Å². The SMILES string of the molecule is Oc1c(F)cccc1CNc1cccc2c(O)cccc12. The topological polar surface area (TPSA) is 52.5 Å². The lowest BCUT2D eigenvalue weighted by Gasteiger charge is -2.11. The summed E-state index contributed by atoms with van der Waals surface area (Å²) in [5.41, 5.74) is 1.29. The molecule has 0 spiro atoms. The van der Waals surface area contributed by atoms with Crippen LogP contribution in [0.3, 0.4) is 0 Å². The van der Waals surface area contributed by atoms with Crippen LogP contribution in [-0.2, 0) is 6.54 Å². The summed E-state index contributed by atoms with van der Waals surface area (Å²) in [6.07, 6.45) is 0. The maximum atomic E-state index is 13.3. The monoisotopic (exact) mass is 283 g/mol. The second-order valence-electron chi connectivity index (χ2n) is 4.78. The van der Waals surface area contributed by atoms with Crippen molar-refractivity contribution in [3.63, 3.8) is 0 Å². The van der Waals surface area contributed by atoms with Crippen molar-refractivity contribution in [2.24, 2.45) is 0 Å². The Bertz CT molecular complexity index is 802. The van der Waals surface area contributed by atoms with Crippen LogP contribution >= 0.6 is 0 Å². The average Bonchev–Trinajstić information content (AvgIpc) is 2.49. The smallest absolute Gasteiger partial charge is 0.165 e. The number of fused-ring (bicyclic) bond motifs is 1. The van der Waals surface area contributed by atoms with Gasteiger partial charge in [-0.3, -0.25) is 0 Å². The summed E-state index contributed by atoms with van der Waals surface area (Å²) >= 11 is 0. The maximum Gasteiger partial charge on any atom is 0.165 e. The van der Waals surface area contributed by atoms with Gasteiger partial charge < -0.3 is 15.5 Å². The lowest BCUT2D eigenvalue weighted by molar-refractivity contribution is 0.427. The summed E-state index contributed by atoms with van der Waals surface area (Å²) in [6, 6.07) is 15.3. The number of aromatic hydroxyl groups is 2. The first kappa shape index (κ1) is 13.2. The number of phenolic OH excluding ortho intramolecular Hbond substituents is 2. The van der Waals surface area contributed by atoms with Crippen molar-refractivity contribution in [1.29, 1.82) is 0 Å². The van der Waals surface area contributed by atoms with E-state index in [1.54, 1.807) is 24.3 Å². The molecule has 4 heteroatoms. The van der Waals surface area contributed by atoms with Crippen LogP contribution in [0.15, 0.2) is 54.6 Å². The summed E-state index contributed by atoms with van der Waals surface area (Å²) in [6.45, 7) is 0.290. The minimum Gasteiger partial charge on any atom is -0.507 e. The first-order valence-electron chi connectivity index (χ1n) is 6.58. The van der Waals surface area contributed by atoms with Gasteiger partial charge in [0.05, 0.1) is 0 Å². The van der Waals surface area contributed by atoms with Crippen LogP contribution < -0.4 is 5.32 Å². The molecule has 3 rings (SSSR count). The molecule has 0 fully saturated rings. The Morgan fingerprint density at radius 1 is 0.857 bits per heavy atom. The molecule has 0 aliphatic carbocycles. The fourth-order valence-electron chi connectivity index (χ4n) is 2.34. The van der Waals surface area contributed by atoms with E-state index in [9.17, 15) is 14.6 Å². The zero-order chi connectivity index (χ0) is 14.8. The maximum absolute atomic E-state index is 13.3. The lowest BCUT2D eigenvalue weighted by Crippen LogP contribution is -2.01. The van der Waals surface area contributed by atoms with E-state index in [0.29, 0.717) is 12.1 Å². The molecule has 3 nitrogen and oxygen atoms in total. The molecule has 0 amide bonds. The Balaban J connectivity index is 1.92. The third kappa shape index (κ3) is 2.48. The molecule has 0 aromatic heterocycles. The normalized spacial score (nSPS) is 10.7. The molecule has 3 aromatic carbocycles. The molecule has 0 radical (unpaired) electrons. The zero-order valence-corrected chi connectivity index (χ0v) is 11.2. The highest BCUT2D eigenvalue weighted by Gasteiger charge is 2.08. The van der Waals surface area contributed by atoms with E-state index in [1.165, 1.54) is 6.07 Å². The third-order valence-corrected chi connectivity index (χ3v) is 3.44. The fraction of sp³-hybridized carbons (Fsp3) is 0.0588. The molecular formula is C17H14FNO2.